The monoisotopic (exact) mass is 384 g/mol. The summed E-state index contributed by atoms with van der Waals surface area (Å²) in [5, 5.41) is 0. The first-order valence-corrected chi connectivity index (χ1v) is 10.1. The van der Waals surface area contributed by atoms with Gasteiger partial charge in [-0.3, -0.25) is 9.69 Å². The van der Waals surface area contributed by atoms with Gasteiger partial charge in [-0.05, 0) is 49.9 Å². The van der Waals surface area contributed by atoms with Crippen LogP contribution in [0.4, 0.5) is 0 Å². The summed E-state index contributed by atoms with van der Waals surface area (Å²) in [7, 11) is 1.63. The van der Waals surface area contributed by atoms with E-state index in [1.54, 1.807) is 13.4 Å². The summed E-state index contributed by atoms with van der Waals surface area (Å²) in [5.74, 6) is 2.40. The second kappa shape index (κ2) is 8.69. The Morgan fingerprint density at radius 2 is 1.93 bits per heavy atom. The third-order valence-electron chi connectivity index (χ3n) is 5.60. The lowest BCUT2D eigenvalue weighted by molar-refractivity contribution is 0.0760. The second-order valence-electron chi connectivity index (χ2n) is 7.53. The van der Waals surface area contributed by atoms with Crippen molar-refractivity contribution in [2.75, 3.05) is 33.3 Å². The number of benzene rings is 1. The maximum Gasteiger partial charge on any atom is 0.257 e. The number of ether oxygens (including phenoxy) is 2. The van der Waals surface area contributed by atoms with Crippen LogP contribution in [0.5, 0.6) is 11.5 Å². The summed E-state index contributed by atoms with van der Waals surface area (Å²) in [5.41, 5.74) is 0.640. The van der Waals surface area contributed by atoms with Crippen LogP contribution in [0.25, 0.3) is 0 Å². The van der Waals surface area contributed by atoms with E-state index in [1.165, 1.54) is 0 Å². The topological polar surface area (TPSA) is 55.1 Å². The van der Waals surface area contributed by atoms with Gasteiger partial charge in [-0.15, -0.1) is 0 Å². The molecule has 150 valence electrons. The van der Waals surface area contributed by atoms with Crippen LogP contribution in [0, 0.1) is 0 Å². The smallest absolute Gasteiger partial charge is 0.257 e. The van der Waals surface area contributed by atoms with Crippen LogP contribution in [0.15, 0.2) is 41.0 Å². The predicted molar refractivity (Wildman–Crippen MR) is 106 cm³/mol. The number of furan rings is 1. The average Bonchev–Trinajstić information content (AvgIpc) is 3.43. The Kier molecular flexibility index (Phi) is 5.86. The molecule has 0 aliphatic carbocycles. The van der Waals surface area contributed by atoms with Gasteiger partial charge in [-0.2, -0.15) is 0 Å². The average molecular weight is 384 g/mol. The number of methoxy groups -OCH3 is 1. The molecule has 0 bridgehead atoms. The van der Waals surface area contributed by atoms with E-state index in [-0.39, 0.29) is 12.0 Å². The van der Waals surface area contributed by atoms with Gasteiger partial charge in [0, 0.05) is 32.2 Å². The van der Waals surface area contributed by atoms with Crippen LogP contribution < -0.4 is 9.47 Å². The Hall–Kier alpha value is -2.47. The van der Waals surface area contributed by atoms with E-state index in [1.807, 2.05) is 35.2 Å². The molecular weight excluding hydrogens is 356 g/mol. The van der Waals surface area contributed by atoms with Crippen LogP contribution in [-0.4, -0.2) is 55.1 Å². The highest BCUT2D eigenvalue weighted by atomic mass is 16.5. The van der Waals surface area contributed by atoms with Crippen LogP contribution in [0.2, 0.25) is 0 Å². The Balaban J connectivity index is 1.41. The van der Waals surface area contributed by atoms with Crippen molar-refractivity contribution in [3.63, 3.8) is 0 Å². The maximum absolute atomic E-state index is 12.9. The molecule has 0 unspecified atom stereocenters. The van der Waals surface area contributed by atoms with Gasteiger partial charge in [0.05, 0.1) is 25.5 Å². The minimum Gasteiger partial charge on any atom is -0.497 e. The van der Waals surface area contributed by atoms with E-state index in [4.69, 9.17) is 13.9 Å². The molecule has 2 aromatic rings. The molecule has 2 fully saturated rings. The molecule has 0 atom stereocenters. The van der Waals surface area contributed by atoms with Crippen LogP contribution >= 0.6 is 0 Å². The van der Waals surface area contributed by atoms with Crippen LogP contribution in [0.3, 0.4) is 0 Å². The summed E-state index contributed by atoms with van der Waals surface area (Å²) in [6.07, 6.45) is 5.82. The number of piperidine rings is 1. The molecule has 2 aliphatic heterocycles. The van der Waals surface area contributed by atoms with Gasteiger partial charge in [0.15, 0.2) is 0 Å². The van der Waals surface area contributed by atoms with E-state index in [0.29, 0.717) is 17.1 Å². The Morgan fingerprint density at radius 1 is 1.14 bits per heavy atom. The lowest BCUT2D eigenvalue weighted by Crippen LogP contribution is -2.38. The van der Waals surface area contributed by atoms with Gasteiger partial charge in [0.1, 0.15) is 23.4 Å². The van der Waals surface area contributed by atoms with Gasteiger partial charge in [-0.1, -0.05) is 0 Å². The van der Waals surface area contributed by atoms with E-state index in [9.17, 15) is 4.79 Å². The number of rotatable bonds is 6. The molecule has 0 spiro atoms. The molecule has 0 saturated carbocycles. The van der Waals surface area contributed by atoms with Crippen molar-refractivity contribution in [3.05, 3.63) is 47.9 Å². The first-order chi connectivity index (χ1) is 13.7. The van der Waals surface area contributed by atoms with Crippen molar-refractivity contribution in [2.45, 2.75) is 38.3 Å². The van der Waals surface area contributed by atoms with Crippen molar-refractivity contribution in [1.29, 1.82) is 0 Å². The Morgan fingerprint density at radius 3 is 2.61 bits per heavy atom. The van der Waals surface area contributed by atoms with Crippen molar-refractivity contribution in [3.8, 4) is 11.5 Å². The number of hydrogen-bond acceptors (Lipinski definition) is 5. The molecule has 1 amide bonds. The zero-order valence-corrected chi connectivity index (χ0v) is 16.4. The molecule has 2 aliphatic rings. The van der Waals surface area contributed by atoms with E-state index in [2.05, 4.69) is 4.90 Å². The Bertz CT molecular complexity index is 776. The third-order valence-corrected chi connectivity index (χ3v) is 5.60. The largest absolute Gasteiger partial charge is 0.497 e. The summed E-state index contributed by atoms with van der Waals surface area (Å²) in [6, 6.07) is 9.45. The lowest BCUT2D eigenvalue weighted by atomic mass is 10.1. The molecular formula is C22H28N2O4. The minimum atomic E-state index is 0.0606. The number of likely N-dealkylation sites (tertiary alicyclic amines) is 2. The molecule has 6 nitrogen and oxygen atoms in total. The summed E-state index contributed by atoms with van der Waals surface area (Å²) in [6.45, 7) is 4.39. The zero-order chi connectivity index (χ0) is 19.3. The zero-order valence-electron chi connectivity index (χ0n) is 16.4. The van der Waals surface area contributed by atoms with Gasteiger partial charge in [0.2, 0.25) is 0 Å². The molecule has 3 heterocycles. The first kappa shape index (κ1) is 18.9. The number of carbonyl (C=O) groups is 1. The van der Waals surface area contributed by atoms with Crippen molar-refractivity contribution >= 4 is 5.91 Å². The minimum absolute atomic E-state index is 0.0606. The molecule has 28 heavy (non-hydrogen) atoms. The van der Waals surface area contributed by atoms with Gasteiger partial charge in [0.25, 0.3) is 5.91 Å². The quantitative estimate of drug-likeness (QED) is 0.762. The number of carbonyl (C=O) groups excluding carboxylic acids is 1. The van der Waals surface area contributed by atoms with Crippen LogP contribution in [-0.2, 0) is 6.54 Å². The molecule has 0 N–H and O–H groups in total. The number of amides is 1. The fourth-order valence-corrected chi connectivity index (χ4v) is 3.98. The van der Waals surface area contributed by atoms with Crippen molar-refractivity contribution in [1.82, 2.24) is 9.80 Å². The van der Waals surface area contributed by atoms with E-state index < -0.39 is 0 Å². The highest BCUT2D eigenvalue weighted by molar-refractivity contribution is 5.97. The van der Waals surface area contributed by atoms with Crippen molar-refractivity contribution < 1.29 is 18.7 Å². The molecule has 2 saturated heterocycles. The summed E-state index contributed by atoms with van der Waals surface area (Å²) >= 11 is 0. The maximum atomic E-state index is 12.9. The van der Waals surface area contributed by atoms with Gasteiger partial charge >= 0.3 is 0 Å². The molecule has 1 aromatic heterocycles. The standard InChI is InChI=1S/C22H28N2O4/c1-26-18-6-7-20(22(25)24-10-2-3-11-24)21(15-18)28-17-8-12-23(13-9-17)16-19-5-4-14-27-19/h4-7,14-15,17H,2-3,8-13,16H2,1H3. The Labute approximate surface area is 166 Å². The van der Waals surface area contributed by atoms with E-state index in [0.717, 1.165) is 64.2 Å². The summed E-state index contributed by atoms with van der Waals surface area (Å²) < 4.78 is 17.1. The van der Waals surface area contributed by atoms with Crippen LogP contribution in [0.1, 0.15) is 41.8 Å². The fourth-order valence-electron chi connectivity index (χ4n) is 3.98. The lowest BCUT2D eigenvalue weighted by Gasteiger charge is -2.32. The third kappa shape index (κ3) is 4.33. The molecule has 0 radical (unpaired) electrons. The SMILES string of the molecule is COc1ccc(C(=O)N2CCCC2)c(OC2CCN(Cc3ccco3)CC2)c1. The summed E-state index contributed by atoms with van der Waals surface area (Å²) in [4.78, 5) is 17.2. The van der Waals surface area contributed by atoms with Crippen molar-refractivity contribution in [2.24, 2.45) is 0 Å². The normalized spacial score (nSPS) is 18.4. The molecule has 4 rings (SSSR count). The highest BCUT2D eigenvalue weighted by Crippen LogP contribution is 2.30. The fraction of sp³-hybridized carbons (Fsp3) is 0.500. The number of nitrogens with zero attached hydrogens (tertiary/aromatic N) is 2. The number of hydrogen-bond donors (Lipinski definition) is 0. The first-order valence-electron chi connectivity index (χ1n) is 10.1. The highest BCUT2D eigenvalue weighted by Gasteiger charge is 2.26. The van der Waals surface area contributed by atoms with Gasteiger partial charge < -0.3 is 18.8 Å². The predicted octanol–water partition coefficient (Wildman–Crippen LogP) is 3.57. The van der Waals surface area contributed by atoms with Gasteiger partial charge in [-0.25, -0.2) is 0 Å². The molecule has 1 aromatic carbocycles. The molecule has 6 heteroatoms. The van der Waals surface area contributed by atoms with E-state index >= 15 is 0 Å². The second-order valence-corrected chi connectivity index (χ2v) is 7.53.